The fraction of sp³-hybridized carbons (Fsp3) is 0.412. The number of rotatable bonds is 6. The van der Waals surface area contributed by atoms with Crippen molar-refractivity contribution in [3.63, 3.8) is 0 Å². The van der Waals surface area contributed by atoms with Crippen molar-refractivity contribution in [2.75, 3.05) is 13.6 Å². The highest BCUT2D eigenvalue weighted by Crippen LogP contribution is 2.20. The van der Waals surface area contributed by atoms with Crippen LogP contribution in [0.1, 0.15) is 30.8 Å². The van der Waals surface area contributed by atoms with E-state index in [1.54, 1.807) is 0 Å². The summed E-state index contributed by atoms with van der Waals surface area (Å²) in [5.41, 5.74) is 4.79. The van der Waals surface area contributed by atoms with Crippen LogP contribution in [-0.4, -0.2) is 23.6 Å². The Morgan fingerprint density at radius 3 is 2.05 bits per heavy atom. The Labute approximate surface area is 121 Å². The predicted molar refractivity (Wildman–Crippen MR) is 83.9 cm³/mol. The van der Waals surface area contributed by atoms with Crippen molar-refractivity contribution in [1.29, 1.82) is 0 Å². The highest BCUT2D eigenvalue weighted by Gasteiger charge is 2.12. The van der Waals surface area contributed by atoms with E-state index in [1.165, 1.54) is 17.0 Å². The molecule has 0 aliphatic heterocycles. The fourth-order valence-corrected chi connectivity index (χ4v) is 2.42. The second kappa shape index (κ2) is 7.15. The van der Waals surface area contributed by atoms with E-state index in [9.17, 15) is 0 Å². The summed E-state index contributed by atoms with van der Waals surface area (Å²) in [6.45, 7) is 5.30. The van der Waals surface area contributed by atoms with Gasteiger partial charge in [-0.25, -0.2) is 9.97 Å². The van der Waals surface area contributed by atoms with Crippen molar-refractivity contribution in [2.45, 2.75) is 33.1 Å². The summed E-state index contributed by atoms with van der Waals surface area (Å²) in [5.74, 6) is 0.854. The predicted octanol–water partition coefficient (Wildman–Crippen LogP) is 3.03. The molecule has 0 unspecified atom stereocenters. The second-order valence-electron chi connectivity index (χ2n) is 4.85. The molecule has 0 saturated carbocycles. The van der Waals surface area contributed by atoms with Gasteiger partial charge in [0.15, 0.2) is 5.82 Å². The van der Waals surface area contributed by atoms with E-state index in [0.29, 0.717) is 0 Å². The van der Waals surface area contributed by atoms with E-state index in [4.69, 9.17) is 9.97 Å². The molecule has 2 rings (SSSR count). The third kappa shape index (κ3) is 3.23. The normalized spacial score (nSPS) is 10.8. The lowest BCUT2D eigenvalue weighted by Gasteiger charge is -2.14. The molecule has 0 aliphatic carbocycles. The van der Waals surface area contributed by atoms with E-state index >= 15 is 0 Å². The number of aryl methyl sites for hydroxylation is 2. The Morgan fingerprint density at radius 1 is 0.950 bits per heavy atom. The molecule has 0 bridgehead atoms. The van der Waals surface area contributed by atoms with Crippen LogP contribution in [0.5, 0.6) is 0 Å². The molecule has 1 aromatic carbocycles. The average Bonchev–Trinajstić information content (AvgIpc) is 2.52. The van der Waals surface area contributed by atoms with E-state index in [0.717, 1.165) is 37.2 Å². The number of hydrogen-bond donors (Lipinski definition) is 1. The zero-order valence-corrected chi connectivity index (χ0v) is 12.6. The van der Waals surface area contributed by atoms with Crippen molar-refractivity contribution >= 4 is 0 Å². The van der Waals surface area contributed by atoms with Gasteiger partial charge in [-0.15, -0.1) is 0 Å². The van der Waals surface area contributed by atoms with Gasteiger partial charge in [0.1, 0.15) is 0 Å². The molecule has 3 heteroatoms. The Morgan fingerprint density at radius 2 is 1.55 bits per heavy atom. The van der Waals surface area contributed by atoms with Crippen molar-refractivity contribution in [1.82, 2.24) is 15.3 Å². The quantitative estimate of drug-likeness (QED) is 0.876. The molecule has 0 amide bonds. The van der Waals surface area contributed by atoms with Crippen LogP contribution in [0.25, 0.3) is 11.4 Å². The van der Waals surface area contributed by atoms with Gasteiger partial charge in [-0.2, -0.15) is 0 Å². The van der Waals surface area contributed by atoms with Gasteiger partial charge in [-0.05, 0) is 38.4 Å². The monoisotopic (exact) mass is 269 g/mol. The maximum atomic E-state index is 4.78. The average molecular weight is 269 g/mol. The molecule has 0 aliphatic rings. The van der Waals surface area contributed by atoms with Crippen LogP contribution in [0.2, 0.25) is 0 Å². The van der Waals surface area contributed by atoms with Crippen molar-refractivity contribution < 1.29 is 0 Å². The first-order valence-corrected chi connectivity index (χ1v) is 7.38. The first kappa shape index (κ1) is 14.7. The minimum atomic E-state index is 0.854. The Balaban J connectivity index is 2.47. The lowest BCUT2D eigenvalue weighted by atomic mass is 10.0. The lowest BCUT2D eigenvalue weighted by molar-refractivity contribution is 0.760. The van der Waals surface area contributed by atoms with Crippen LogP contribution in [0.4, 0.5) is 0 Å². The maximum Gasteiger partial charge on any atom is 0.159 e. The van der Waals surface area contributed by atoms with Crippen LogP contribution in [0.15, 0.2) is 30.3 Å². The zero-order chi connectivity index (χ0) is 14.4. The van der Waals surface area contributed by atoms with Gasteiger partial charge in [0.25, 0.3) is 0 Å². The summed E-state index contributed by atoms with van der Waals surface area (Å²) in [4.78, 5) is 9.57. The molecule has 3 nitrogen and oxygen atoms in total. The van der Waals surface area contributed by atoms with E-state index in [2.05, 4.69) is 31.3 Å². The molecule has 1 aromatic heterocycles. The van der Waals surface area contributed by atoms with Crippen molar-refractivity contribution in [3.05, 3.63) is 47.3 Å². The number of aromatic nitrogens is 2. The molecular formula is C17H23N3. The van der Waals surface area contributed by atoms with E-state index in [-0.39, 0.29) is 0 Å². The molecule has 0 saturated heterocycles. The Hall–Kier alpha value is -1.74. The zero-order valence-electron chi connectivity index (χ0n) is 12.6. The minimum Gasteiger partial charge on any atom is -0.319 e. The first-order chi connectivity index (χ1) is 9.80. The lowest BCUT2D eigenvalue weighted by Crippen LogP contribution is -2.15. The SMILES string of the molecule is CCc1nc(-c2ccccc2)nc(CC)c1CCNC. The summed E-state index contributed by atoms with van der Waals surface area (Å²) in [5, 5.41) is 3.21. The largest absolute Gasteiger partial charge is 0.319 e. The van der Waals surface area contributed by atoms with Gasteiger partial charge in [0, 0.05) is 17.0 Å². The number of benzene rings is 1. The highest BCUT2D eigenvalue weighted by atomic mass is 14.9. The molecule has 0 spiro atoms. The van der Waals surface area contributed by atoms with Gasteiger partial charge in [0.2, 0.25) is 0 Å². The summed E-state index contributed by atoms with van der Waals surface area (Å²) < 4.78 is 0. The Kier molecular flexibility index (Phi) is 5.24. The first-order valence-electron chi connectivity index (χ1n) is 7.38. The smallest absolute Gasteiger partial charge is 0.159 e. The van der Waals surface area contributed by atoms with Crippen LogP contribution in [0.3, 0.4) is 0 Å². The van der Waals surface area contributed by atoms with Gasteiger partial charge < -0.3 is 5.32 Å². The van der Waals surface area contributed by atoms with Crippen LogP contribution < -0.4 is 5.32 Å². The summed E-state index contributed by atoms with van der Waals surface area (Å²) in [6.07, 6.45) is 2.90. The summed E-state index contributed by atoms with van der Waals surface area (Å²) >= 11 is 0. The van der Waals surface area contributed by atoms with Gasteiger partial charge in [-0.3, -0.25) is 0 Å². The molecule has 0 atom stereocenters. The highest BCUT2D eigenvalue weighted by molar-refractivity contribution is 5.55. The molecule has 0 radical (unpaired) electrons. The summed E-state index contributed by atoms with van der Waals surface area (Å²) in [7, 11) is 1.98. The second-order valence-corrected chi connectivity index (χ2v) is 4.85. The molecule has 106 valence electrons. The van der Waals surface area contributed by atoms with Gasteiger partial charge in [0.05, 0.1) is 0 Å². The minimum absolute atomic E-state index is 0.854. The van der Waals surface area contributed by atoms with Crippen LogP contribution in [0, 0.1) is 0 Å². The van der Waals surface area contributed by atoms with Crippen molar-refractivity contribution in [3.8, 4) is 11.4 Å². The third-order valence-electron chi connectivity index (χ3n) is 3.51. The fourth-order valence-electron chi connectivity index (χ4n) is 2.42. The number of likely N-dealkylation sites (N-methyl/N-ethyl adjacent to an activating group) is 1. The standard InChI is InChI=1S/C17H23N3/c1-4-15-14(11-12-18-3)16(5-2)20-17(19-15)13-9-7-6-8-10-13/h6-10,18H,4-5,11-12H2,1-3H3. The number of nitrogens with zero attached hydrogens (tertiary/aromatic N) is 2. The van der Waals surface area contributed by atoms with E-state index in [1.807, 2.05) is 25.2 Å². The Bertz CT molecular complexity index is 524. The number of nitrogens with one attached hydrogen (secondary N) is 1. The molecular weight excluding hydrogens is 246 g/mol. The molecule has 1 N–H and O–H groups in total. The third-order valence-corrected chi connectivity index (χ3v) is 3.51. The topological polar surface area (TPSA) is 37.8 Å². The molecule has 1 heterocycles. The van der Waals surface area contributed by atoms with Crippen LogP contribution >= 0.6 is 0 Å². The van der Waals surface area contributed by atoms with Crippen LogP contribution in [-0.2, 0) is 19.3 Å². The van der Waals surface area contributed by atoms with Crippen molar-refractivity contribution in [2.24, 2.45) is 0 Å². The van der Waals surface area contributed by atoms with E-state index < -0.39 is 0 Å². The molecule has 0 fully saturated rings. The van der Waals surface area contributed by atoms with Gasteiger partial charge in [-0.1, -0.05) is 44.2 Å². The van der Waals surface area contributed by atoms with Gasteiger partial charge >= 0.3 is 0 Å². The molecule has 2 aromatic rings. The molecule has 20 heavy (non-hydrogen) atoms. The summed E-state index contributed by atoms with van der Waals surface area (Å²) in [6, 6.07) is 10.2. The maximum absolute atomic E-state index is 4.78. The number of hydrogen-bond acceptors (Lipinski definition) is 3.